The first-order valence-corrected chi connectivity index (χ1v) is 7.79. The number of urea groups is 1. The second-order valence-electron chi connectivity index (χ2n) is 5.08. The molecular formula is C14H20N2O4S. The summed E-state index contributed by atoms with van der Waals surface area (Å²) in [5.74, 6) is -0.936. The third-order valence-electron chi connectivity index (χ3n) is 3.37. The van der Waals surface area contributed by atoms with Crippen LogP contribution in [0.4, 0.5) is 4.79 Å². The minimum atomic E-state index is -0.936. The first-order chi connectivity index (χ1) is 10.1. The largest absolute Gasteiger partial charge is 0.481 e. The molecule has 6 nitrogen and oxygen atoms in total. The van der Waals surface area contributed by atoms with Crippen LogP contribution in [0.15, 0.2) is 17.5 Å². The number of nitrogens with zero attached hydrogens (tertiary/aromatic N) is 1. The van der Waals surface area contributed by atoms with Gasteiger partial charge in [0.1, 0.15) is 0 Å². The van der Waals surface area contributed by atoms with E-state index in [1.807, 2.05) is 22.4 Å². The SMILES string of the molecule is COC(CNC(=O)N(Cc1cccs1)C1CC1)CC(=O)O. The van der Waals surface area contributed by atoms with Gasteiger partial charge in [-0.25, -0.2) is 4.79 Å². The maximum Gasteiger partial charge on any atom is 0.318 e. The Morgan fingerprint density at radius 2 is 2.33 bits per heavy atom. The lowest BCUT2D eigenvalue weighted by molar-refractivity contribution is -0.139. The molecule has 2 N–H and O–H groups in total. The third kappa shape index (κ3) is 5.02. The van der Waals surface area contributed by atoms with E-state index in [2.05, 4.69) is 5.32 Å². The van der Waals surface area contributed by atoms with E-state index in [0.717, 1.165) is 17.7 Å². The number of carbonyl (C=O) groups is 2. The molecule has 1 unspecified atom stereocenters. The fraction of sp³-hybridized carbons (Fsp3) is 0.571. The summed E-state index contributed by atoms with van der Waals surface area (Å²) >= 11 is 1.63. The van der Waals surface area contributed by atoms with Crippen LogP contribution >= 0.6 is 11.3 Å². The molecule has 1 aromatic heterocycles. The van der Waals surface area contributed by atoms with Crippen molar-refractivity contribution in [3.05, 3.63) is 22.4 Å². The van der Waals surface area contributed by atoms with Crippen LogP contribution in [-0.4, -0.2) is 47.8 Å². The highest BCUT2D eigenvalue weighted by Gasteiger charge is 2.33. The molecule has 21 heavy (non-hydrogen) atoms. The van der Waals surface area contributed by atoms with Crippen molar-refractivity contribution in [2.75, 3.05) is 13.7 Å². The molecule has 0 aromatic carbocycles. The standard InChI is InChI=1S/C14H20N2O4S/c1-20-11(7-13(17)18)8-15-14(19)16(10-4-5-10)9-12-3-2-6-21-12/h2-3,6,10-11H,4-5,7-9H2,1H3,(H,15,19)(H,17,18). The van der Waals surface area contributed by atoms with Crippen LogP contribution < -0.4 is 5.32 Å². The molecule has 2 rings (SSSR count). The van der Waals surface area contributed by atoms with Gasteiger partial charge in [0.25, 0.3) is 0 Å². The van der Waals surface area contributed by atoms with Crippen LogP contribution in [0.1, 0.15) is 24.1 Å². The maximum atomic E-state index is 12.3. The van der Waals surface area contributed by atoms with Crippen molar-refractivity contribution in [2.24, 2.45) is 0 Å². The van der Waals surface area contributed by atoms with E-state index < -0.39 is 12.1 Å². The van der Waals surface area contributed by atoms with Crippen molar-refractivity contribution in [3.8, 4) is 0 Å². The molecule has 0 bridgehead atoms. The normalized spacial score (nSPS) is 15.5. The highest BCUT2D eigenvalue weighted by molar-refractivity contribution is 7.09. The number of methoxy groups -OCH3 is 1. The third-order valence-corrected chi connectivity index (χ3v) is 4.23. The molecule has 0 radical (unpaired) electrons. The molecule has 0 saturated heterocycles. The minimum absolute atomic E-state index is 0.120. The molecular weight excluding hydrogens is 292 g/mol. The zero-order valence-electron chi connectivity index (χ0n) is 11.9. The fourth-order valence-electron chi connectivity index (χ4n) is 2.06. The van der Waals surface area contributed by atoms with Crippen LogP contribution in [0.2, 0.25) is 0 Å². The lowest BCUT2D eigenvalue weighted by atomic mass is 10.2. The van der Waals surface area contributed by atoms with Gasteiger partial charge < -0.3 is 20.1 Å². The number of carbonyl (C=O) groups excluding carboxylic acids is 1. The van der Waals surface area contributed by atoms with E-state index in [0.29, 0.717) is 12.6 Å². The summed E-state index contributed by atoms with van der Waals surface area (Å²) in [4.78, 5) is 25.9. The number of ether oxygens (including phenoxy) is 1. The summed E-state index contributed by atoms with van der Waals surface area (Å²) in [7, 11) is 1.45. The lowest BCUT2D eigenvalue weighted by Gasteiger charge is -2.23. The van der Waals surface area contributed by atoms with Gasteiger partial charge in [-0.15, -0.1) is 11.3 Å². The molecule has 1 fully saturated rings. The number of carboxylic acids is 1. The van der Waals surface area contributed by atoms with Crippen molar-refractivity contribution in [1.29, 1.82) is 0 Å². The van der Waals surface area contributed by atoms with Crippen LogP contribution in [0, 0.1) is 0 Å². The zero-order chi connectivity index (χ0) is 15.2. The molecule has 0 spiro atoms. The van der Waals surface area contributed by atoms with Gasteiger partial charge in [0, 0.05) is 24.6 Å². The number of hydrogen-bond donors (Lipinski definition) is 2. The summed E-state index contributed by atoms with van der Waals surface area (Å²) < 4.78 is 5.06. The fourth-order valence-corrected chi connectivity index (χ4v) is 2.76. The molecule has 1 saturated carbocycles. The van der Waals surface area contributed by atoms with E-state index in [9.17, 15) is 9.59 Å². The number of hydrogen-bond acceptors (Lipinski definition) is 4. The van der Waals surface area contributed by atoms with E-state index in [4.69, 9.17) is 9.84 Å². The Hall–Kier alpha value is -1.60. The van der Waals surface area contributed by atoms with Crippen molar-refractivity contribution in [3.63, 3.8) is 0 Å². The van der Waals surface area contributed by atoms with Crippen LogP contribution in [-0.2, 0) is 16.1 Å². The van der Waals surface area contributed by atoms with Gasteiger partial charge in [0.2, 0.25) is 0 Å². The first-order valence-electron chi connectivity index (χ1n) is 6.91. The predicted octanol–water partition coefficient (Wildman–Crippen LogP) is 1.91. The van der Waals surface area contributed by atoms with E-state index in [1.165, 1.54) is 7.11 Å². The van der Waals surface area contributed by atoms with Crippen LogP contribution in [0.25, 0.3) is 0 Å². The average Bonchev–Trinajstić information content (AvgIpc) is 3.16. The minimum Gasteiger partial charge on any atom is -0.481 e. The molecule has 1 aromatic rings. The van der Waals surface area contributed by atoms with Gasteiger partial charge in [-0.05, 0) is 24.3 Å². The Morgan fingerprint density at radius 3 is 2.86 bits per heavy atom. The number of carboxylic acid groups (broad SMARTS) is 1. The van der Waals surface area contributed by atoms with Crippen LogP contribution in [0.5, 0.6) is 0 Å². The van der Waals surface area contributed by atoms with Crippen LogP contribution in [0.3, 0.4) is 0 Å². The van der Waals surface area contributed by atoms with E-state index in [-0.39, 0.29) is 19.0 Å². The molecule has 0 aliphatic heterocycles. The second-order valence-corrected chi connectivity index (χ2v) is 6.11. The summed E-state index contributed by atoms with van der Waals surface area (Å²) in [6.07, 6.45) is 1.43. The predicted molar refractivity (Wildman–Crippen MR) is 79.3 cm³/mol. The van der Waals surface area contributed by atoms with Crippen molar-refractivity contribution < 1.29 is 19.4 Å². The molecule has 1 heterocycles. The number of nitrogens with one attached hydrogen (secondary N) is 1. The lowest BCUT2D eigenvalue weighted by Crippen LogP contribution is -2.44. The average molecular weight is 312 g/mol. The van der Waals surface area contributed by atoms with Gasteiger partial charge in [0.15, 0.2) is 0 Å². The zero-order valence-corrected chi connectivity index (χ0v) is 12.8. The van der Waals surface area contributed by atoms with E-state index >= 15 is 0 Å². The first kappa shape index (κ1) is 15.8. The van der Waals surface area contributed by atoms with Crippen molar-refractivity contribution in [1.82, 2.24) is 10.2 Å². The topological polar surface area (TPSA) is 78.9 Å². The second kappa shape index (κ2) is 7.42. The van der Waals surface area contributed by atoms with Crippen molar-refractivity contribution in [2.45, 2.75) is 38.0 Å². The molecule has 7 heteroatoms. The Bertz CT molecular complexity index is 473. The quantitative estimate of drug-likeness (QED) is 0.768. The van der Waals surface area contributed by atoms with Gasteiger partial charge >= 0.3 is 12.0 Å². The number of rotatable bonds is 8. The Kier molecular flexibility index (Phi) is 5.58. The number of aliphatic carboxylic acids is 1. The summed E-state index contributed by atoms with van der Waals surface area (Å²) in [6, 6.07) is 4.12. The molecule has 116 valence electrons. The molecule has 1 aliphatic carbocycles. The Labute approximate surface area is 127 Å². The summed E-state index contributed by atoms with van der Waals surface area (Å²) in [5.41, 5.74) is 0. The molecule has 2 amide bonds. The highest BCUT2D eigenvalue weighted by atomic mass is 32.1. The molecule has 1 aliphatic rings. The van der Waals surface area contributed by atoms with Gasteiger partial charge in [-0.2, -0.15) is 0 Å². The van der Waals surface area contributed by atoms with Gasteiger partial charge in [-0.1, -0.05) is 6.07 Å². The summed E-state index contributed by atoms with van der Waals surface area (Å²) in [5, 5.41) is 13.5. The Balaban J connectivity index is 1.85. The monoisotopic (exact) mass is 312 g/mol. The highest BCUT2D eigenvalue weighted by Crippen LogP contribution is 2.29. The number of amides is 2. The number of thiophene rings is 1. The van der Waals surface area contributed by atoms with Crippen molar-refractivity contribution >= 4 is 23.3 Å². The van der Waals surface area contributed by atoms with Gasteiger partial charge in [-0.3, -0.25) is 4.79 Å². The maximum absolute atomic E-state index is 12.3. The molecule has 1 atom stereocenters. The van der Waals surface area contributed by atoms with E-state index in [1.54, 1.807) is 11.3 Å². The Morgan fingerprint density at radius 1 is 1.57 bits per heavy atom. The summed E-state index contributed by atoms with van der Waals surface area (Å²) in [6.45, 7) is 0.806. The van der Waals surface area contributed by atoms with Gasteiger partial charge in [0.05, 0.1) is 19.1 Å². The smallest absolute Gasteiger partial charge is 0.318 e.